The summed E-state index contributed by atoms with van der Waals surface area (Å²) in [5.74, 6) is 0. The highest BCUT2D eigenvalue weighted by Gasteiger charge is 2.02. The van der Waals surface area contributed by atoms with Crippen LogP contribution in [0, 0.1) is 0 Å². The fourth-order valence-corrected chi connectivity index (χ4v) is 3.99. The lowest BCUT2D eigenvalue weighted by Gasteiger charge is -2.09. The van der Waals surface area contributed by atoms with Crippen molar-refractivity contribution in [2.24, 2.45) is 0 Å². The number of rotatable bonds is 44. The van der Waals surface area contributed by atoms with Gasteiger partial charge in [0, 0.05) is 13.2 Å². The van der Waals surface area contributed by atoms with E-state index in [2.05, 4.69) is 12.2 Å². The zero-order valence-electron chi connectivity index (χ0n) is 32.7. The lowest BCUT2D eigenvalue weighted by atomic mass is 10.2. The van der Waals surface area contributed by atoms with Gasteiger partial charge < -0.3 is 71.6 Å². The number of carbonyl (C=O) groups excluding carboxylic acids is 1. The normalized spacial score (nSPS) is 11.4. The van der Waals surface area contributed by atoms with Crippen LogP contribution in [0.3, 0.4) is 0 Å². The first-order valence-electron chi connectivity index (χ1n) is 19.3. The summed E-state index contributed by atoms with van der Waals surface area (Å²) in [6.45, 7) is 16.1. The molecule has 0 saturated heterocycles. The smallest absolute Gasteiger partial charge is 0.407 e. The number of carbonyl (C=O) groups is 1. The molecule has 0 saturated carbocycles. The molecule has 0 aliphatic rings. The third kappa shape index (κ3) is 39.7. The Hall–Kier alpha value is -2.03. The van der Waals surface area contributed by atoms with Crippen LogP contribution in [-0.2, 0) is 72.9 Å². The quantitative estimate of drug-likeness (QED) is 0.0964. The molecular weight excluding hydrogens is 710 g/mol. The number of unbranched alkanes of at least 4 members (excludes halogenated alkanes) is 1. The molecule has 0 aromatic heterocycles. The molecule has 0 spiro atoms. The van der Waals surface area contributed by atoms with E-state index in [9.17, 15) is 4.79 Å². The van der Waals surface area contributed by atoms with Crippen molar-refractivity contribution in [1.29, 1.82) is 0 Å². The Morgan fingerprint density at radius 2 is 0.685 bits per heavy atom. The van der Waals surface area contributed by atoms with Gasteiger partial charge in [-0.15, -0.1) is 0 Å². The largest absolute Gasteiger partial charge is 0.445 e. The molecule has 0 unspecified atom stereocenters. The first-order valence-corrected chi connectivity index (χ1v) is 19.3. The number of amides is 1. The molecule has 316 valence electrons. The number of ether oxygens (including phenoxy) is 14. The van der Waals surface area contributed by atoms with E-state index < -0.39 is 6.09 Å². The van der Waals surface area contributed by atoms with Gasteiger partial charge in [0.05, 0.1) is 165 Å². The van der Waals surface area contributed by atoms with E-state index in [1.165, 1.54) is 0 Å². The Morgan fingerprint density at radius 3 is 0.981 bits per heavy atom. The van der Waals surface area contributed by atoms with Gasteiger partial charge in [0.25, 0.3) is 0 Å². The standard InChI is InChI=1S/C38H69NO15/c1-2-3-10-41-12-14-43-16-18-45-20-22-47-24-26-49-28-30-51-32-34-53-35-33-52-31-29-50-27-25-48-23-21-46-19-17-44-15-13-42-11-9-39-38(40)54-36-37-7-5-4-6-8-37/h4-8H,2-3,9-36H2,1H3,(H,39,40). The van der Waals surface area contributed by atoms with Crippen LogP contribution in [0.4, 0.5) is 4.79 Å². The molecule has 0 aliphatic carbocycles. The Kier molecular flexibility index (Phi) is 40.4. The Morgan fingerprint density at radius 1 is 0.407 bits per heavy atom. The van der Waals surface area contributed by atoms with E-state index in [1.807, 2.05) is 30.3 Å². The topological polar surface area (TPSA) is 158 Å². The molecule has 0 fully saturated rings. The van der Waals surface area contributed by atoms with Crippen molar-refractivity contribution in [2.45, 2.75) is 26.4 Å². The van der Waals surface area contributed by atoms with Gasteiger partial charge in [-0.2, -0.15) is 0 Å². The predicted molar refractivity (Wildman–Crippen MR) is 200 cm³/mol. The Balaban J connectivity index is 1.62. The molecule has 16 heteroatoms. The van der Waals surface area contributed by atoms with Crippen LogP contribution in [-0.4, -0.2) is 184 Å². The highest BCUT2D eigenvalue weighted by Crippen LogP contribution is 2.00. The van der Waals surface area contributed by atoms with Crippen molar-refractivity contribution in [3.63, 3.8) is 0 Å². The van der Waals surface area contributed by atoms with E-state index in [-0.39, 0.29) is 6.61 Å². The summed E-state index contributed by atoms with van der Waals surface area (Å²) < 4.78 is 76.2. The fraction of sp³-hybridized carbons (Fsp3) is 0.816. The maximum absolute atomic E-state index is 11.7. The minimum absolute atomic E-state index is 0.236. The van der Waals surface area contributed by atoms with Crippen molar-refractivity contribution in [3.8, 4) is 0 Å². The van der Waals surface area contributed by atoms with Crippen molar-refractivity contribution in [2.75, 3.05) is 178 Å². The van der Waals surface area contributed by atoms with Crippen LogP contribution < -0.4 is 5.32 Å². The van der Waals surface area contributed by atoms with E-state index >= 15 is 0 Å². The fourth-order valence-electron chi connectivity index (χ4n) is 3.99. The third-order valence-corrected chi connectivity index (χ3v) is 6.83. The monoisotopic (exact) mass is 779 g/mol. The summed E-state index contributed by atoms with van der Waals surface area (Å²) in [4.78, 5) is 11.7. The SMILES string of the molecule is CCCCOCCOCCOCCOCCOCCOCCOCCOCCOCCOCCOCCOCCOCCNC(=O)OCc1ccccc1. The second-order valence-electron chi connectivity index (χ2n) is 11.3. The van der Waals surface area contributed by atoms with Gasteiger partial charge in [-0.3, -0.25) is 0 Å². The molecule has 1 aromatic carbocycles. The summed E-state index contributed by atoms with van der Waals surface area (Å²) in [6.07, 6.45) is 1.76. The number of hydrogen-bond donors (Lipinski definition) is 1. The van der Waals surface area contributed by atoms with Gasteiger partial charge in [0.15, 0.2) is 0 Å². The Bertz CT molecular complexity index is 874. The van der Waals surface area contributed by atoms with Crippen molar-refractivity contribution < 1.29 is 71.1 Å². The van der Waals surface area contributed by atoms with Crippen LogP contribution >= 0.6 is 0 Å². The lowest BCUT2D eigenvalue weighted by molar-refractivity contribution is -0.0290. The summed E-state index contributed by atoms with van der Waals surface area (Å²) in [6, 6.07) is 9.51. The zero-order chi connectivity index (χ0) is 38.5. The van der Waals surface area contributed by atoms with Crippen LogP contribution in [0.1, 0.15) is 25.3 Å². The van der Waals surface area contributed by atoms with E-state index in [0.29, 0.717) is 172 Å². The van der Waals surface area contributed by atoms with Crippen LogP contribution in [0.2, 0.25) is 0 Å². The molecule has 1 amide bonds. The zero-order valence-corrected chi connectivity index (χ0v) is 32.7. The molecular formula is C38H69NO15. The van der Waals surface area contributed by atoms with Gasteiger partial charge in [-0.1, -0.05) is 43.7 Å². The number of hydrogen-bond acceptors (Lipinski definition) is 15. The molecule has 1 N–H and O–H groups in total. The first-order chi connectivity index (χ1) is 26.8. The summed E-state index contributed by atoms with van der Waals surface area (Å²) in [7, 11) is 0. The summed E-state index contributed by atoms with van der Waals surface area (Å²) >= 11 is 0. The summed E-state index contributed by atoms with van der Waals surface area (Å²) in [5, 5.41) is 2.64. The highest BCUT2D eigenvalue weighted by molar-refractivity contribution is 5.67. The molecule has 1 rings (SSSR count). The molecule has 0 heterocycles. The Labute approximate surface area is 322 Å². The van der Waals surface area contributed by atoms with Gasteiger partial charge in [-0.25, -0.2) is 4.79 Å². The lowest BCUT2D eigenvalue weighted by Crippen LogP contribution is -2.28. The highest BCUT2D eigenvalue weighted by atomic mass is 16.6. The molecule has 1 aromatic rings. The van der Waals surface area contributed by atoms with Crippen molar-refractivity contribution in [3.05, 3.63) is 35.9 Å². The molecule has 0 bridgehead atoms. The molecule has 0 radical (unpaired) electrons. The van der Waals surface area contributed by atoms with Gasteiger partial charge in [0.1, 0.15) is 6.61 Å². The average molecular weight is 780 g/mol. The minimum atomic E-state index is -0.470. The van der Waals surface area contributed by atoms with Crippen molar-refractivity contribution in [1.82, 2.24) is 5.32 Å². The van der Waals surface area contributed by atoms with Gasteiger partial charge >= 0.3 is 6.09 Å². The van der Waals surface area contributed by atoms with Crippen molar-refractivity contribution >= 4 is 6.09 Å². The van der Waals surface area contributed by atoms with E-state index in [1.54, 1.807) is 0 Å². The molecule has 16 nitrogen and oxygen atoms in total. The third-order valence-electron chi connectivity index (χ3n) is 6.83. The molecule has 0 atom stereocenters. The second kappa shape index (κ2) is 43.7. The van der Waals surface area contributed by atoms with Gasteiger partial charge in [-0.05, 0) is 12.0 Å². The predicted octanol–water partition coefficient (Wildman–Crippen LogP) is 2.93. The number of nitrogens with one attached hydrogen (secondary N) is 1. The maximum Gasteiger partial charge on any atom is 0.407 e. The second-order valence-corrected chi connectivity index (χ2v) is 11.3. The molecule has 54 heavy (non-hydrogen) atoms. The number of alkyl carbamates (subject to hydrolysis) is 1. The van der Waals surface area contributed by atoms with E-state index in [0.717, 1.165) is 25.0 Å². The maximum atomic E-state index is 11.7. The van der Waals surface area contributed by atoms with Crippen LogP contribution in [0.25, 0.3) is 0 Å². The minimum Gasteiger partial charge on any atom is -0.445 e. The first kappa shape index (κ1) is 50.0. The average Bonchev–Trinajstić information content (AvgIpc) is 3.19. The summed E-state index contributed by atoms with van der Waals surface area (Å²) in [5.41, 5.74) is 0.937. The van der Waals surface area contributed by atoms with Crippen LogP contribution in [0.5, 0.6) is 0 Å². The molecule has 0 aliphatic heterocycles. The number of benzene rings is 1. The van der Waals surface area contributed by atoms with E-state index in [4.69, 9.17) is 66.3 Å². The van der Waals surface area contributed by atoms with Gasteiger partial charge in [0.2, 0.25) is 0 Å². The van der Waals surface area contributed by atoms with Crippen LogP contribution in [0.15, 0.2) is 30.3 Å².